The lowest BCUT2D eigenvalue weighted by molar-refractivity contribution is 0.372. The second kappa shape index (κ2) is 10.6. The summed E-state index contributed by atoms with van der Waals surface area (Å²) in [7, 11) is 0. The van der Waals surface area contributed by atoms with E-state index in [9.17, 15) is 0 Å². The highest BCUT2D eigenvalue weighted by Crippen LogP contribution is 2.16. The fraction of sp³-hybridized carbons (Fsp3) is 1.00. The van der Waals surface area contributed by atoms with Crippen molar-refractivity contribution in [3.05, 3.63) is 0 Å². The number of hydrogen-bond donors (Lipinski definition) is 2. The van der Waals surface area contributed by atoms with Crippen LogP contribution in [0.2, 0.25) is 0 Å². The highest BCUT2D eigenvalue weighted by atomic mass is 14.9. The van der Waals surface area contributed by atoms with E-state index >= 15 is 0 Å². The van der Waals surface area contributed by atoms with Gasteiger partial charge in [0, 0.05) is 6.04 Å². The third-order valence-corrected chi connectivity index (χ3v) is 4.57. The molecule has 0 saturated carbocycles. The molecule has 1 rings (SSSR count). The monoisotopic (exact) mass is 282 g/mol. The van der Waals surface area contributed by atoms with Crippen LogP contribution in [0.25, 0.3) is 0 Å². The van der Waals surface area contributed by atoms with E-state index in [-0.39, 0.29) is 0 Å². The van der Waals surface area contributed by atoms with Crippen LogP contribution in [0.15, 0.2) is 0 Å². The van der Waals surface area contributed by atoms with Crippen LogP contribution < -0.4 is 10.6 Å². The first-order chi connectivity index (χ1) is 9.58. The van der Waals surface area contributed by atoms with Gasteiger partial charge in [-0.25, -0.2) is 0 Å². The summed E-state index contributed by atoms with van der Waals surface area (Å²) in [5.41, 5.74) is 0. The Morgan fingerprint density at radius 3 is 2.15 bits per heavy atom. The Morgan fingerprint density at radius 1 is 1.00 bits per heavy atom. The molecule has 0 amide bonds. The minimum atomic E-state index is 0.751. The molecule has 1 heterocycles. The molecule has 1 atom stereocenters. The van der Waals surface area contributed by atoms with Crippen LogP contribution >= 0.6 is 0 Å². The Morgan fingerprint density at radius 2 is 1.65 bits per heavy atom. The third kappa shape index (κ3) is 8.97. The lowest BCUT2D eigenvalue weighted by atomic mass is 9.96. The molecular formula is C18H38N2. The largest absolute Gasteiger partial charge is 0.316 e. The zero-order valence-corrected chi connectivity index (χ0v) is 14.4. The number of nitrogens with one attached hydrogen (secondary N) is 2. The van der Waals surface area contributed by atoms with Crippen molar-refractivity contribution in [3.63, 3.8) is 0 Å². The lowest BCUT2D eigenvalue weighted by Crippen LogP contribution is -2.31. The number of hydrogen-bond acceptors (Lipinski definition) is 2. The molecular weight excluding hydrogens is 244 g/mol. The first-order valence-electron chi connectivity index (χ1n) is 9.02. The molecule has 2 heteroatoms. The Kier molecular flexibility index (Phi) is 9.54. The Bertz CT molecular complexity index is 207. The van der Waals surface area contributed by atoms with Crippen molar-refractivity contribution in [3.8, 4) is 0 Å². The van der Waals surface area contributed by atoms with Gasteiger partial charge >= 0.3 is 0 Å². The molecule has 0 aromatic carbocycles. The summed E-state index contributed by atoms with van der Waals surface area (Å²) in [6, 6.07) is 0.751. The SMILES string of the molecule is CC(C)CCC(CCC(C)C)NCCCC1CCNC1. The van der Waals surface area contributed by atoms with Crippen molar-refractivity contribution in [2.24, 2.45) is 17.8 Å². The molecule has 0 radical (unpaired) electrons. The zero-order chi connectivity index (χ0) is 14.8. The molecule has 120 valence electrons. The molecule has 0 aliphatic carbocycles. The predicted octanol–water partition coefficient (Wildman–Crippen LogP) is 4.21. The summed E-state index contributed by atoms with van der Waals surface area (Å²) < 4.78 is 0. The summed E-state index contributed by atoms with van der Waals surface area (Å²) in [6.45, 7) is 13.1. The van der Waals surface area contributed by atoms with Gasteiger partial charge in [0.25, 0.3) is 0 Å². The molecule has 1 aliphatic heterocycles. The molecule has 0 aromatic rings. The van der Waals surface area contributed by atoms with Gasteiger partial charge in [0.2, 0.25) is 0 Å². The van der Waals surface area contributed by atoms with Gasteiger partial charge in [-0.05, 0) is 82.3 Å². The van der Waals surface area contributed by atoms with Crippen LogP contribution in [0.1, 0.15) is 72.6 Å². The van der Waals surface area contributed by atoms with Crippen molar-refractivity contribution < 1.29 is 0 Å². The van der Waals surface area contributed by atoms with Crippen LogP contribution in [0.4, 0.5) is 0 Å². The van der Waals surface area contributed by atoms with Crippen LogP contribution in [0.3, 0.4) is 0 Å². The summed E-state index contributed by atoms with van der Waals surface area (Å²) in [5.74, 6) is 2.62. The van der Waals surface area contributed by atoms with E-state index in [2.05, 4.69) is 38.3 Å². The second-order valence-corrected chi connectivity index (χ2v) is 7.59. The van der Waals surface area contributed by atoms with Gasteiger partial charge in [0.15, 0.2) is 0 Å². The first kappa shape index (κ1) is 18.0. The fourth-order valence-electron chi connectivity index (χ4n) is 3.08. The van der Waals surface area contributed by atoms with Crippen molar-refractivity contribution in [2.45, 2.75) is 78.7 Å². The molecule has 0 bridgehead atoms. The van der Waals surface area contributed by atoms with Crippen LogP contribution in [-0.2, 0) is 0 Å². The number of rotatable bonds is 11. The molecule has 1 aliphatic rings. The third-order valence-electron chi connectivity index (χ3n) is 4.57. The molecule has 1 fully saturated rings. The maximum absolute atomic E-state index is 3.83. The quantitative estimate of drug-likeness (QED) is 0.555. The summed E-state index contributed by atoms with van der Waals surface area (Å²) in [6.07, 6.45) is 9.59. The highest BCUT2D eigenvalue weighted by molar-refractivity contribution is 4.73. The van der Waals surface area contributed by atoms with Gasteiger partial charge in [-0.3, -0.25) is 0 Å². The lowest BCUT2D eigenvalue weighted by Gasteiger charge is -2.21. The van der Waals surface area contributed by atoms with Crippen molar-refractivity contribution in [1.29, 1.82) is 0 Å². The van der Waals surface area contributed by atoms with E-state index in [0.717, 1.165) is 23.8 Å². The molecule has 0 spiro atoms. The summed E-state index contributed by atoms with van der Waals surface area (Å²) in [5, 5.41) is 7.30. The summed E-state index contributed by atoms with van der Waals surface area (Å²) in [4.78, 5) is 0. The maximum atomic E-state index is 3.83. The highest BCUT2D eigenvalue weighted by Gasteiger charge is 2.14. The Hall–Kier alpha value is -0.0800. The Labute approximate surface area is 127 Å². The van der Waals surface area contributed by atoms with Crippen LogP contribution in [0.5, 0.6) is 0 Å². The molecule has 1 unspecified atom stereocenters. The second-order valence-electron chi connectivity index (χ2n) is 7.59. The van der Waals surface area contributed by atoms with E-state index in [0.29, 0.717) is 0 Å². The Balaban J connectivity index is 2.13. The standard InChI is InChI=1S/C18H38N2/c1-15(2)7-9-18(10-8-16(3)4)20-12-5-6-17-11-13-19-14-17/h15-20H,5-14H2,1-4H3. The van der Waals surface area contributed by atoms with Crippen molar-refractivity contribution in [1.82, 2.24) is 10.6 Å². The minimum absolute atomic E-state index is 0.751. The van der Waals surface area contributed by atoms with E-state index < -0.39 is 0 Å². The van der Waals surface area contributed by atoms with Gasteiger partial charge < -0.3 is 10.6 Å². The van der Waals surface area contributed by atoms with Gasteiger partial charge in [0.1, 0.15) is 0 Å². The average Bonchev–Trinajstić information content (AvgIpc) is 2.89. The summed E-state index contributed by atoms with van der Waals surface area (Å²) >= 11 is 0. The average molecular weight is 283 g/mol. The normalized spacial score (nSPS) is 19.6. The molecule has 1 saturated heterocycles. The van der Waals surface area contributed by atoms with Gasteiger partial charge in [-0.15, -0.1) is 0 Å². The van der Waals surface area contributed by atoms with E-state index in [1.54, 1.807) is 0 Å². The molecule has 2 nitrogen and oxygen atoms in total. The first-order valence-corrected chi connectivity index (χ1v) is 9.02. The molecule has 20 heavy (non-hydrogen) atoms. The predicted molar refractivity (Wildman–Crippen MR) is 90.1 cm³/mol. The van der Waals surface area contributed by atoms with E-state index in [1.807, 2.05) is 0 Å². The minimum Gasteiger partial charge on any atom is -0.316 e. The van der Waals surface area contributed by atoms with Crippen molar-refractivity contribution in [2.75, 3.05) is 19.6 Å². The molecule has 2 N–H and O–H groups in total. The van der Waals surface area contributed by atoms with Crippen molar-refractivity contribution >= 4 is 0 Å². The van der Waals surface area contributed by atoms with E-state index in [1.165, 1.54) is 64.6 Å². The van der Waals surface area contributed by atoms with Gasteiger partial charge in [-0.1, -0.05) is 27.7 Å². The van der Waals surface area contributed by atoms with Crippen LogP contribution in [0, 0.1) is 17.8 Å². The smallest absolute Gasteiger partial charge is 0.00672 e. The fourth-order valence-corrected chi connectivity index (χ4v) is 3.08. The van der Waals surface area contributed by atoms with Gasteiger partial charge in [0.05, 0.1) is 0 Å². The molecule has 0 aromatic heterocycles. The topological polar surface area (TPSA) is 24.1 Å². The zero-order valence-electron chi connectivity index (χ0n) is 14.4. The van der Waals surface area contributed by atoms with Gasteiger partial charge in [-0.2, -0.15) is 0 Å². The van der Waals surface area contributed by atoms with Crippen LogP contribution in [-0.4, -0.2) is 25.7 Å². The van der Waals surface area contributed by atoms with E-state index in [4.69, 9.17) is 0 Å². The maximum Gasteiger partial charge on any atom is 0.00672 e.